The van der Waals surface area contributed by atoms with Crippen molar-refractivity contribution in [1.82, 2.24) is 14.4 Å². The van der Waals surface area contributed by atoms with Crippen LogP contribution in [0.25, 0.3) is 17.0 Å². The van der Waals surface area contributed by atoms with E-state index in [1.54, 1.807) is 0 Å². The molecule has 0 amide bonds. The zero-order chi connectivity index (χ0) is 12.7. The van der Waals surface area contributed by atoms with Gasteiger partial charge in [0.25, 0.3) is 0 Å². The number of nitrogens with zero attached hydrogens (tertiary/aromatic N) is 3. The first-order chi connectivity index (χ1) is 8.63. The molecule has 90 valence electrons. The second-order valence-corrected chi connectivity index (χ2v) is 3.84. The van der Waals surface area contributed by atoms with Gasteiger partial charge in [-0.1, -0.05) is 0 Å². The van der Waals surface area contributed by atoms with Crippen molar-refractivity contribution in [3.8, 4) is 11.3 Å². The number of nitrogen functional groups attached to an aromatic ring is 1. The van der Waals surface area contributed by atoms with Gasteiger partial charge in [0.05, 0.1) is 11.9 Å². The van der Waals surface area contributed by atoms with Gasteiger partial charge in [-0.2, -0.15) is 0 Å². The summed E-state index contributed by atoms with van der Waals surface area (Å²) >= 11 is 0. The molecule has 0 spiro atoms. The maximum absolute atomic E-state index is 13.7. The predicted molar refractivity (Wildman–Crippen MR) is 62.8 cm³/mol. The third-order valence-electron chi connectivity index (χ3n) is 2.54. The molecule has 18 heavy (non-hydrogen) atoms. The Morgan fingerprint density at radius 3 is 2.83 bits per heavy atom. The molecule has 0 unspecified atom stereocenters. The number of rotatable bonds is 1. The van der Waals surface area contributed by atoms with Gasteiger partial charge in [-0.3, -0.25) is 4.40 Å². The van der Waals surface area contributed by atoms with Gasteiger partial charge in [0.1, 0.15) is 5.82 Å². The van der Waals surface area contributed by atoms with Crippen LogP contribution in [0.2, 0.25) is 0 Å². The molecule has 3 rings (SSSR count). The number of hydrogen-bond acceptors (Lipinski definition) is 3. The van der Waals surface area contributed by atoms with Crippen LogP contribution in [0.1, 0.15) is 0 Å². The van der Waals surface area contributed by atoms with E-state index in [4.69, 9.17) is 5.73 Å². The molecule has 6 heteroatoms. The Morgan fingerprint density at radius 1 is 1.17 bits per heavy atom. The highest BCUT2D eigenvalue weighted by molar-refractivity contribution is 5.66. The summed E-state index contributed by atoms with van der Waals surface area (Å²) in [5.74, 6) is -0.624. The Balaban J connectivity index is 2.22. The molecule has 3 aromatic rings. The van der Waals surface area contributed by atoms with E-state index in [-0.39, 0.29) is 5.56 Å². The third kappa shape index (κ3) is 1.67. The average Bonchev–Trinajstić information content (AvgIpc) is 2.74. The fraction of sp³-hybridized carbons (Fsp3) is 0. The minimum Gasteiger partial charge on any atom is -0.399 e. The van der Waals surface area contributed by atoms with Gasteiger partial charge in [0.15, 0.2) is 5.82 Å². The smallest absolute Gasteiger partial charge is 0.234 e. The van der Waals surface area contributed by atoms with E-state index in [9.17, 15) is 8.78 Å². The minimum atomic E-state index is -0.487. The van der Waals surface area contributed by atoms with Crippen molar-refractivity contribution in [2.24, 2.45) is 0 Å². The van der Waals surface area contributed by atoms with E-state index in [0.717, 1.165) is 6.20 Å². The molecule has 2 N–H and O–H groups in total. The molecule has 0 bridgehead atoms. The van der Waals surface area contributed by atoms with E-state index in [0.29, 0.717) is 17.2 Å². The molecular formula is C12H8F2N4. The maximum atomic E-state index is 13.7. The topological polar surface area (TPSA) is 56.2 Å². The highest BCUT2D eigenvalue weighted by atomic mass is 19.1. The zero-order valence-electron chi connectivity index (χ0n) is 9.14. The molecule has 0 aliphatic carbocycles. The number of fused-ring (bicyclic) bond motifs is 1. The first-order valence-corrected chi connectivity index (χ1v) is 5.19. The van der Waals surface area contributed by atoms with Crippen LogP contribution in [0, 0.1) is 11.6 Å². The van der Waals surface area contributed by atoms with Gasteiger partial charge in [0, 0.05) is 23.6 Å². The number of anilines is 1. The van der Waals surface area contributed by atoms with Crippen LogP contribution < -0.4 is 5.73 Å². The van der Waals surface area contributed by atoms with Crippen molar-refractivity contribution in [2.45, 2.75) is 0 Å². The summed E-state index contributed by atoms with van der Waals surface area (Å²) in [5.41, 5.74) is 6.66. The molecule has 0 saturated heterocycles. The lowest BCUT2D eigenvalue weighted by Gasteiger charge is -1.99. The van der Waals surface area contributed by atoms with Crippen molar-refractivity contribution in [2.75, 3.05) is 5.73 Å². The van der Waals surface area contributed by atoms with Gasteiger partial charge >= 0.3 is 0 Å². The van der Waals surface area contributed by atoms with Gasteiger partial charge in [-0.05, 0) is 18.2 Å². The maximum Gasteiger partial charge on any atom is 0.234 e. The lowest BCUT2D eigenvalue weighted by atomic mass is 10.1. The molecule has 0 fully saturated rings. The normalized spacial score (nSPS) is 11.0. The quantitative estimate of drug-likeness (QED) is 0.670. The van der Waals surface area contributed by atoms with E-state index in [2.05, 4.69) is 9.97 Å². The van der Waals surface area contributed by atoms with Crippen molar-refractivity contribution in [3.05, 3.63) is 48.4 Å². The first-order valence-electron chi connectivity index (χ1n) is 5.19. The predicted octanol–water partition coefficient (Wildman–Crippen LogP) is 2.26. The van der Waals surface area contributed by atoms with Gasteiger partial charge in [-0.15, -0.1) is 0 Å². The summed E-state index contributed by atoms with van der Waals surface area (Å²) in [6, 6.07) is 4.21. The summed E-state index contributed by atoms with van der Waals surface area (Å²) < 4.78 is 28.0. The van der Waals surface area contributed by atoms with Crippen LogP contribution in [0.4, 0.5) is 14.5 Å². The molecule has 0 radical (unpaired) electrons. The van der Waals surface area contributed by atoms with Crippen molar-refractivity contribution in [3.63, 3.8) is 0 Å². The number of benzene rings is 1. The second kappa shape index (κ2) is 3.76. The van der Waals surface area contributed by atoms with Crippen LogP contribution in [-0.4, -0.2) is 14.4 Å². The number of imidazole rings is 1. The first kappa shape index (κ1) is 10.6. The molecule has 2 heterocycles. The van der Waals surface area contributed by atoms with E-state index < -0.39 is 11.6 Å². The van der Waals surface area contributed by atoms with Crippen LogP contribution in [-0.2, 0) is 0 Å². The minimum absolute atomic E-state index is 0.265. The molecule has 4 nitrogen and oxygen atoms in total. The number of aromatic nitrogens is 3. The summed E-state index contributed by atoms with van der Waals surface area (Å²) in [6.45, 7) is 0. The molecule has 1 aromatic carbocycles. The standard InChI is InChI=1S/C12H8F2N4/c13-7-4-16-12-17-11(6-18(12)5-7)9-3-8(15)1-2-10(9)14/h1-6H,15H2. The Kier molecular flexibility index (Phi) is 2.22. The number of nitrogens with two attached hydrogens (primary N) is 1. The van der Waals surface area contributed by atoms with Crippen molar-refractivity contribution >= 4 is 11.5 Å². The summed E-state index contributed by atoms with van der Waals surface area (Å²) in [7, 11) is 0. The SMILES string of the molecule is Nc1ccc(F)c(-c2cn3cc(F)cnc3n2)c1. The van der Waals surface area contributed by atoms with E-state index >= 15 is 0 Å². The second-order valence-electron chi connectivity index (χ2n) is 3.84. The average molecular weight is 246 g/mol. The summed E-state index contributed by atoms with van der Waals surface area (Å²) in [5, 5.41) is 0. The van der Waals surface area contributed by atoms with Crippen LogP contribution in [0.3, 0.4) is 0 Å². The zero-order valence-corrected chi connectivity index (χ0v) is 9.14. The largest absolute Gasteiger partial charge is 0.399 e. The lowest BCUT2D eigenvalue weighted by Crippen LogP contribution is -1.89. The van der Waals surface area contributed by atoms with Crippen LogP contribution in [0.15, 0.2) is 36.8 Å². The fourth-order valence-corrected chi connectivity index (χ4v) is 1.73. The highest BCUT2D eigenvalue weighted by Gasteiger charge is 2.10. The lowest BCUT2D eigenvalue weighted by molar-refractivity contribution is 0.612. The van der Waals surface area contributed by atoms with Gasteiger partial charge in [-0.25, -0.2) is 18.7 Å². The third-order valence-corrected chi connectivity index (χ3v) is 2.54. The summed E-state index contributed by atoms with van der Waals surface area (Å²) in [4.78, 5) is 7.92. The number of hydrogen-bond donors (Lipinski definition) is 1. The molecule has 0 saturated carbocycles. The van der Waals surface area contributed by atoms with E-state index in [1.165, 1.54) is 35.0 Å². The molecule has 0 aliphatic heterocycles. The molecular weight excluding hydrogens is 238 g/mol. The monoisotopic (exact) mass is 246 g/mol. The van der Waals surface area contributed by atoms with Crippen molar-refractivity contribution in [1.29, 1.82) is 0 Å². The van der Waals surface area contributed by atoms with Crippen LogP contribution in [0.5, 0.6) is 0 Å². The number of halogens is 2. The van der Waals surface area contributed by atoms with Gasteiger partial charge in [0.2, 0.25) is 5.78 Å². The highest BCUT2D eigenvalue weighted by Crippen LogP contribution is 2.24. The van der Waals surface area contributed by atoms with Crippen LogP contribution >= 0.6 is 0 Å². The van der Waals surface area contributed by atoms with E-state index in [1.807, 2.05) is 0 Å². The summed E-state index contributed by atoms with van der Waals surface area (Å²) in [6.07, 6.45) is 3.79. The fourth-order valence-electron chi connectivity index (χ4n) is 1.73. The Morgan fingerprint density at radius 2 is 2.00 bits per heavy atom. The molecule has 0 atom stereocenters. The Hall–Kier alpha value is -2.50. The Labute approximate surface area is 101 Å². The van der Waals surface area contributed by atoms with Crippen molar-refractivity contribution < 1.29 is 8.78 Å². The Bertz CT molecular complexity index is 736. The molecule has 2 aromatic heterocycles. The van der Waals surface area contributed by atoms with Gasteiger partial charge < -0.3 is 5.73 Å². The molecule has 0 aliphatic rings.